The number of hydrogen-bond donors (Lipinski definition) is 2. The van der Waals surface area contributed by atoms with Gasteiger partial charge in [-0.2, -0.15) is 0 Å². The molecule has 0 spiro atoms. The summed E-state index contributed by atoms with van der Waals surface area (Å²) < 4.78 is 0. The molecule has 2 bridgehead atoms. The van der Waals surface area contributed by atoms with Crippen molar-refractivity contribution in [1.82, 2.24) is 10.2 Å². The predicted molar refractivity (Wildman–Crippen MR) is 100.0 cm³/mol. The summed E-state index contributed by atoms with van der Waals surface area (Å²) in [5.41, 5.74) is 3.70. The molecule has 0 amide bonds. The molecule has 1 aromatic carbocycles. The number of nitrogens with one attached hydrogen (secondary N) is 2. The van der Waals surface area contributed by atoms with Crippen LogP contribution in [0.5, 0.6) is 0 Å². The van der Waals surface area contributed by atoms with Gasteiger partial charge in [0.2, 0.25) is 0 Å². The Balaban J connectivity index is 1.36. The average molecular weight is 330 g/mol. The van der Waals surface area contributed by atoms with Gasteiger partial charge >= 0.3 is 0 Å². The lowest BCUT2D eigenvalue weighted by Gasteiger charge is -2.39. The van der Waals surface area contributed by atoms with E-state index in [1.807, 2.05) is 0 Å². The second-order valence-corrected chi connectivity index (χ2v) is 7.99. The van der Waals surface area contributed by atoms with Crippen molar-refractivity contribution < 1.29 is 0 Å². The van der Waals surface area contributed by atoms with E-state index < -0.39 is 0 Å². The van der Waals surface area contributed by atoms with Crippen molar-refractivity contribution in [2.45, 2.75) is 76.5 Å². The fourth-order valence-corrected chi connectivity index (χ4v) is 4.81. The summed E-state index contributed by atoms with van der Waals surface area (Å²) in [7, 11) is 0. The summed E-state index contributed by atoms with van der Waals surface area (Å²) in [5.74, 6) is 0. The highest BCUT2D eigenvalue weighted by atomic mass is 32.1. The molecule has 0 aromatic heterocycles. The highest BCUT2D eigenvalue weighted by molar-refractivity contribution is 7.80. The number of piperidine rings is 1. The summed E-state index contributed by atoms with van der Waals surface area (Å²) in [4.78, 5) is 2.83. The Morgan fingerprint density at radius 2 is 1.70 bits per heavy atom. The number of aryl methyl sites for hydroxylation is 1. The van der Waals surface area contributed by atoms with E-state index in [4.69, 9.17) is 12.2 Å². The number of nitrogens with zero attached hydrogens (tertiary/aromatic N) is 1. The summed E-state index contributed by atoms with van der Waals surface area (Å²) in [6.07, 6.45) is 8.13. The van der Waals surface area contributed by atoms with E-state index in [0.29, 0.717) is 6.04 Å². The largest absolute Gasteiger partial charge is 0.360 e. The molecular weight excluding hydrogens is 302 g/mol. The molecule has 3 atom stereocenters. The zero-order chi connectivity index (χ0) is 16.0. The molecule has 1 unspecified atom stereocenters. The summed E-state index contributed by atoms with van der Waals surface area (Å²) in [5, 5.41) is 7.77. The third-order valence-corrected chi connectivity index (χ3v) is 6.17. The van der Waals surface area contributed by atoms with Gasteiger partial charge in [-0.15, -0.1) is 0 Å². The zero-order valence-corrected chi connectivity index (χ0v) is 15.0. The molecule has 1 aliphatic carbocycles. The quantitative estimate of drug-likeness (QED) is 0.826. The van der Waals surface area contributed by atoms with Crippen molar-refractivity contribution in [2.75, 3.05) is 5.32 Å². The van der Waals surface area contributed by atoms with Gasteiger partial charge < -0.3 is 10.6 Å². The van der Waals surface area contributed by atoms with Crippen molar-refractivity contribution in [3.05, 3.63) is 29.3 Å². The Bertz CT molecular complexity index is 597. The molecule has 4 heteroatoms. The summed E-state index contributed by atoms with van der Waals surface area (Å²) in [6.45, 7) is 4.29. The van der Waals surface area contributed by atoms with Crippen LogP contribution in [0.2, 0.25) is 0 Å². The topological polar surface area (TPSA) is 27.3 Å². The highest BCUT2D eigenvalue weighted by Crippen LogP contribution is 2.43. The molecule has 3 aliphatic rings. The molecule has 2 saturated heterocycles. The van der Waals surface area contributed by atoms with Crippen LogP contribution >= 0.6 is 12.2 Å². The SMILES string of the molecule is Cc1cccc(NC(=S)NC2C[C@H]3CC[C@@H](C2)N3C2CC2)c1C. The minimum absolute atomic E-state index is 0.535. The summed E-state index contributed by atoms with van der Waals surface area (Å²) >= 11 is 5.57. The lowest BCUT2D eigenvalue weighted by atomic mass is 9.97. The van der Waals surface area contributed by atoms with Crippen molar-refractivity contribution in [2.24, 2.45) is 0 Å². The molecule has 0 radical (unpaired) electrons. The van der Waals surface area contributed by atoms with Crippen LogP contribution in [0.3, 0.4) is 0 Å². The number of rotatable bonds is 3. The summed E-state index contributed by atoms with van der Waals surface area (Å²) in [6, 6.07) is 9.37. The Morgan fingerprint density at radius 3 is 2.35 bits per heavy atom. The van der Waals surface area contributed by atoms with E-state index in [1.165, 1.54) is 49.7 Å². The van der Waals surface area contributed by atoms with Gasteiger partial charge in [-0.25, -0.2) is 0 Å². The van der Waals surface area contributed by atoms with Crippen molar-refractivity contribution in [3.63, 3.8) is 0 Å². The molecule has 1 aromatic rings. The monoisotopic (exact) mass is 329 g/mol. The highest BCUT2D eigenvalue weighted by Gasteiger charge is 2.46. The molecule has 23 heavy (non-hydrogen) atoms. The smallest absolute Gasteiger partial charge is 0.171 e. The van der Waals surface area contributed by atoms with E-state index in [2.05, 4.69) is 47.6 Å². The van der Waals surface area contributed by atoms with Gasteiger partial charge in [0.1, 0.15) is 0 Å². The number of fused-ring (bicyclic) bond motifs is 2. The van der Waals surface area contributed by atoms with E-state index in [0.717, 1.165) is 28.9 Å². The number of anilines is 1. The molecule has 2 aliphatic heterocycles. The molecular formula is C19H27N3S. The van der Waals surface area contributed by atoms with Gasteiger partial charge in [-0.05, 0) is 81.8 Å². The van der Waals surface area contributed by atoms with Crippen LogP contribution in [-0.4, -0.2) is 34.2 Å². The molecule has 1 saturated carbocycles. The first-order valence-electron chi connectivity index (χ1n) is 9.03. The van der Waals surface area contributed by atoms with Crippen LogP contribution in [0.25, 0.3) is 0 Å². The fraction of sp³-hybridized carbons (Fsp3) is 0.632. The van der Waals surface area contributed by atoms with Gasteiger partial charge in [-0.3, -0.25) is 4.90 Å². The van der Waals surface area contributed by atoms with Crippen molar-refractivity contribution in [3.8, 4) is 0 Å². The first-order chi connectivity index (χ1) is 11.1. The van der Waals surface area contributed by atoms with Crippen LogP contribution in [0.4, 0.5) is 5.69 Å². The fourth-order valence-electron chi connectivity index (χ4n) is 4.53. The number of hydrogen-bond acceptors (Lipinski definition) is 2. The first kappa shape index (κ1) is 15.4. The third-order valence-electron chi connectivity index (χ3n) is 5.95. The van der Waals surface area contributed by atoms with E-state index in [9.17, 15) is 0 Å². The molecule has 2 heterocycles. The molecule has 124 valence electrons. The normalized spacial score (nSPS) is 30.3. The lowest BCUT2D eigenvalue weighted by molar-refractivity contribution is 0.114. The second-order valence-electron chi connectivity index (χ2n) is 7.58. The van der Waals surface area contributed by atoms with Gasteiger partial charge in [-0.1, -0.05) is 12.1 Å². The maximum Gasteiger partial charge on any atom is 0.171 e. The Hall–Kier alpha value is -1.13. The zero-order valence-electron chi connectivity index (χ0n) is 14.1. The van der Waals surface area contributed by atoms with Crippen molar-refractivity contribution >= 4 is 23.0 Å². The number of thiocarbonyl (C=S) groups is 1. The van der Waals surface area contributed by atoms with Crippen LogP contribution in [0.15, 0.2) is 18.2 Å². The second kappa shape index (κ2) is 6.06. The standard InChI is InChI=1S/C19H27N3S/c1-12-4-3-5-18(13(12)2)21-19(23)20-14-10-16-8-9-17(11-14)22(16)15-6-7-15/h3-5,14-17H,6-11H2,1-2H3,(H2,20,21,23)/t14?,16-,17+. The molecule has 3 nitrogen and oxygen atoms in total. The maximum atomic E-state index is 5.57. The Morgan fingerprint density at radius 1 is 1.04 bits per heavy atom. The van der Waals surface area contributed by atoms with Crippen LogP contribution in [0, 0.1) is 13.8 Å². The van der Waals surface area contributed by atoms with Crippen LogP contribution in [0.1, 0.15) is 49.7 Å². The van der Waals surface area contributed by atoms with Crippen molar-refractivity contribution in [1.29, 1.82) is 0 Å². The van der Waals surface area contributed by atoms with Gasteiger partial charge in [0.05, 0.1) is 0 Å². The molecule has 3 fully saturated rings. The molecule has 2 N–H and O–H groups in total. The van der Waals surface area contributed by atoms with Crippen LogP contribution < -0.4 is 10.6 Å². The van der Waals surface area contributed by atoms with E-state index in [1.54, 1.807) is 0 Å². The lowest BCUT2D eigenvalue weighted by Crippen LogP contribution is -2.51. The average Bonchev–Trinajstić information content (AvgIpc) is 3.31. The first-order valence-corrected chi connectivity index (χ1v) is 9.44. The van der Waals surface area contributed by atoms with Gasteiger partial charge in [0.15, 0.2) is 5.11 Å². The van der Waals surface area contributed by atoms with Gasteiger partial charge in [0.25, 0.3) is 0 Å². The van der Waals surface area contributed by atoms with E-state index >= 15 is 0 Å². The predicted octanol–water partition coefficient (Wildman–Crippen LogP) is 3.75. The Kier molecular flexibility index (Phi) is 4.06. The Labute approximate surface area is 144 Å². The minimum atomic E-state index is 0.535. The van der Waals surface area contributed by atoms with Gasteiger partial charge in [0, 0.05) is 29.9 Å². The van der Waals surface area contributed by atoms with Crippen LogP contribution in [-0.2, 0) is 0 Å². The maximum absolute atomic E-state index is 5.57. The van der Waals surface area contributed by atoms with E-state index in [-0.39, 0.29) is 0 Å². The molecule has 4 rings (SSSR count). The number of benzene rings is 1. The third kappa shape index (κ3) is 3.11. The minimum Gasteiger partial charge on any atom is -0.360 e.